The van der Waals surface area contributed by atoms with E-state index in [1.807, 2.05) is 12.1 Å². The molecule has 156 valence electrons. The Morgan fingerprint density at radius 3 is 2.03 bits per heavy atom. The molecular weight excluding hydrogens is 380 g/mol. The molecule has 4 nitrogen and oxygen atoms in total. The van der Waals surface area contributed by atoms with Gasteiger partial charge in [0.05, 0.1) is 6.10 Å². The Morgan fingerprint density at radius 1 is 1.07 bits per heavy atom. The first-order valence-corrected chi connectivity index (χ1v) is 12.4. The van der Waals surface area contributed by atoms with E-state index in [4.69, 9.17) is 9.16 Å². The van der Waals surface area contributed by atoms with Crippen LogP contribution < -0.4 is 10.4 Å². The lowest BCUT2D eigenvalue weighted by Crippen LogP contribution is -2.68. The van der Waals surface area contributed by atoms with Crippen LogP contribution in [-0.4, -0.2) is 38.2 Å². The van der Waals surface area contributed by atoms with Gasteiger partial charge in [-0.25, -0.2) is 0 Å². The largest absolute Gasteiger partial charge is 0.460 e. The third-order valence-electron chi connectivity index (χ3n) is 5.72. The van der Waals surface area contributed by atoms with Gasteiger partial charge >= 0.3 is 5.97 Å². The quantitative estimate of drug-likeness (QED) is 0.533. The summed E-state index contributed by atoms with van der Waals surface area (Å²) < 4.78 is 12.8. The van der Waals surface area contributed by atoms with Crippen molar-refractivity contribution < 1.29 is 19.1 Å². The van der Waals surface area contributed by atoms with Crippen LogP contribution >= 0.6 is 0 Å². The molecule has 0 amide bonds. The minimum Gasteiger partial charge on any atom is -0.460 e. The van der Waals surface area contributed by atoms with Gasteiger partial charge < -0.3 is 14.3 Å². The fourth-order valence-corrected chi connectivity index (χ4v) is 9.08. The number of aliphatic hydroxyl groups is 1. The number of carbonyl (C=O) groups is 1. The zero-order valence-electron chi connectivity index (χ0n) is 17.6. The Hall–Kier alpha value is -1.95. The first-order valence-electron chi connectivity index (χ1n) is 10.5. The van der Waals surface area contributed by atoms with E-state index in [9.17, 15) is 9.90 Å². The maximum atomic E-state index is 11.8. The van der Waals surface area contributed by atoms with E-state index in [0.29, 0.717) is 25.7 Å². The molecule has 2 atom stereocenters. The van der Waals surface area contributed by atoms with Crippen molar-refractivity contribution in [3.63, 3.8) is 0 Å². The lowest BCUT2D eigenvalue weighted by Gasteiger charge is -2.46. The SMILES string of the molecule is CC(C)(C)[Si](O[C@H](CCCO)[C@@H]1CCC(=O)O1)(c1ccccc1)c1ccccc1. The fourth-order valence-electron chi connectivity index (χ4n) is 4.34. The van der Waals surface area contributed by atoms with Crippen LogP contribution in [0.15, 0.2) is 60.7 Å². The molecule has 5 heteroatoms. The smallest absolute Gasteiger partial charge is 0.306 e. The van der Waals surface area contributed by atoms with Gasteiger partial charge in [0.15, 0.2) is 0 Å². The van der Waals surface area contributed by atoms with Gasteiger partial charge in [-0.15, -0.1) is 0 Å². The van der Waals surface area contributed by atoms with E-state index in [0.717, 1.165) is 0 Å². The van der Waals surface area contributed by atoms with Crippen LogP contribution in [0.1, 0.15) is 46.5 Å². The van der Waals surface area contributed by atoms with E-state index < -0.39 is 8.32 Å². The molecular formula is C24H32O4Si. The maximum Gasteiger partial charge on any atom is 0.306 e. The summed E-state index contributed by atoms with van der Waals surface area (Å²) in [5, 5.41) is 11.7. The normalized spacial score (nSPS) is 18.5. The summed E-state index contributed by atoms with van der Waals surface area (Å²) in [5.41, 5.74) is 0. The number of ether oxygens (including phenoxy) is 1. The predicted molar refractivity (Wildman–Crippen MR) is 118 cm³/mol. The summed E-state index contributed by atoms with van der Waals surface area (Å²) in [6, 6.07) is 20.9. The summed E-state index contributed by atoms with van der Waals surface area (Å²) >= 11 is 0. The van der Waals surface area contributed by atoms with Crippen LogP contribution in [0.5, 0.6) is 0 Å². The molecule has 0 aromatic heterocycles. The molecule has 1 fully saturated rings. The Morgan fingerprint density at radius 2 is 1.62 bits per heavy atom. The van der Waals surface area contributed by atoms with Gasteiger partial charge in [0, 0.05) is 13.0 Å². The van der Waals surface area contributed by atoms with Crippen molar-refractivity contribution >= 4 is 24.7 Å². The zero-order chi connectivity index (χ0) is 20.9. The standard InChI is InChI=1S/C24H32O4Si/c1-24(2,3)29(19-11-6-4-7-12-19,20-13-8-5-9-14-20)28-22(15-10-18-25)21-16-17-23(26)27-21/h4-9,11-14,21-22,25H,10,15-18H2,1-3H3/t21-,22+/m0/s1. The van der Waals surface area contributed by atoms with E-state index in [-0.39, 0.29) is 29.8 Å². The van der Waals surface area contributed by atoms with Gasteiger partial charge in [-0.1, -0.05) is 81.4 Å². The predicted octanol–water partition coefficient (Wildman–Crippen LogP) is 3.41. The Kier molecular flexibility index (Phi) is 6.93. The summed E-state index contributed by atoms with van der Waals surface area (Å²) in [7, 11) is -2.72. The number of cyclic esters (lactones) is 1. The highest BCUT2D eigenvalue weighted by Gasteiger charge is 2.52. The minimum absolute atomic E-state index is 0.0985. The van der Waals surface area contributed by atoms with Crippen molar-refractivity contribution in [1.29, 1.82) is 0 Å². The molecule has 2 aromatic rings. The summed E-state index contributed by atoms with van der Waals surface area (Å²) in [6.45, 7) is 6.82. The molecule has 0 radical (unpaired) electrons. The second-order valence-electron chi connectivity index (χ2n) is 8.75. The summed E-state index contributed by atoms with van der Waals surface area (Å²) in [6.07, 6.45) is 1.91. The van der Waals surface area contributed by atoms with Gasteiger partial charge in [0.2, 0.25) is 0 Å². The number of benzene rings is 2. The molecule has 0 aliphatic carbocycles. The van der Waals surface area contributed by atoms with Crippen LogP contribution in [0.2, 0.25) is 5.04 Å². The molecule has 0 unspecified atom stereocenters. The monoisotopic (exact) mass is 412 g/mol. The number of hydrogen-bond donors (Lipinski definition) is 1. The Bertz CT molecular complexity index is 746. The zero-order valence-corrected chi connectivity index (χ0v) is 18.6. The van der Waals surface area contributed by atoms with E-state index in [1.165, 1.54) is 10.4 Å². The van der Waals surface area contributed by atoms with Crippen molar-refractivity contribution in [1.82, 2.24) is 0 Å². The second kappa shape index (κ2) is 9.24. The molecule has 1 heterocycles. The summed E-state index contributed by atoms with van der Waals surface area (Å²) in [4.78, 5) is 11.8. The van der Waals surface area contributed by atoms with Gasteiger partial charge in [-0.3, -0.25) is 4.79 Å². The van der Waals surface area contributed by atoms with E-state index in [1.54, 1.807) is 0 Å². The van der Waals surface area contributed by atoms with E-state index in [2.05, 4.69) is 69.3 Å². The minimum atomic E-state index is -2.72. The molecule has 2 aromatic carbocycles. The third kappa shape index (κ3) is 4.63. The molecule has 29 heavy (non-hydrogen) atoms. The van der Waals surface area contributed by atoms with Gasteiger partial charge in [-0.05, 0) is 34.7 Å². The molecule has 0 spiro atoms. The van der Waals surface area contributed by atoms with Gasteiger partial charge in [-0.2, -0.15) is 0 Å². The highest BCUT2D eigenvalue weighted by atomic mass is 28.4. The van der Waals surface area contributed by atoms with Crippen molar-refractivity contribution in [2.45, 2.75) is 63.7 Å². The molecule has 0 bridgehead atoms. The Labute approximate surface area is 175 Å². The molecule has 1 saturated heterocycles. The van der Waals surface area contributed by atoms with Crippen molar-refractivity contribution in [2.24, 2.45) is 0 Å². The summed E-state index contributed by atoms with van der Waals surface area (Å²) in [5.74, 6) is -0.157. The number of aliphatic hydroxyl groups excluding tert-OH is 1. The van der Waals surface area contributed by atoms with Crippen LogP contribution in [0.25, 0.3) is 0 Å². The van der Waals surface area contributed by atoms with Crippen molar-refractivity contribution in [3.05, 3.63) is 60.7 Å². The molecule has 1 aliphatic heterocycles. The Balaban J connectivity index is 2.11. The highest BCUT2D eigenvalue weighted by Crippen LogP contribution is 2.39. The lowest BCUT2D eigenvalue weighted by atomic mass is 10.1. The number of hydrogen-bond acceptors (Lipinski definition) is 4. The highest BCUT2D eigenvalue weighted by molar-refractivity contribution is 6.99. The van der Waals surface area contributed by atoms with E-state index >= 15 is 0 Å². The molecule has 3 rings (SSSR count). The topological polar surface area (TPSA) is 55.8 Å². The molecule has 1 N–H and O–H groups in total. The number of rotatable bonds is 8. The van der Waals surface area contributed by atoms with Crippen molar-refractivity contribution in [2.75, 3.05) is 6.61 Å². The van der Waals surface area contributed by atoms with Crippen LogP contribution in [0.4, 0.5) is 0 Å². The van der Waals surface area contributed by atoms with Crippen LogP contribution in [0.3, 0.4) is 0 Å². The first kappa shape index (κ1) is 21.7. The van der Waals surface area contributed by atoms with Crippen LogP contribution in [-0.2, 0) is 14.0 Å². The first-order chi connectivity index (χ1) is 13.9. The maximum absolute atomic E-state index is 11.8. The molecule has 1 aliphatic rings. The number of carbonyl (C=O) groups excluding carboxylic acids is 1. The average Bonchev–Trinajstić information content (AvgIpc) is 3.15. The third-order valence-corrected chi connectivity index (χ3v) is 10.8. The fraction of sp³-hybridized carbons (Fsp3) is 0.458. The number of esters is 1. The average molecular weight is 413 g/mol. The van der Waals surface area contributed by atoms with Gasteiger partial charge in [0.25, 0.3) is 8.32 Å². The second-order valence-corrected chi connectivity index (χ2v) is 13.0. The van der Waals surface area contributed by atoms with Crippen LogP contribution in [0, 0.1) is 0 Å². The lowest BCUT2D eigenvalue weighted by molar-refractivity contribution is -0.145. The molecule has 0 saturated carbocycles. The van der Waals surface area contributed by atoms with Gasteiger partial charge in [0.1, 0.15) is 6.10 Å². The van der Waals surface area contributed by atoms with Crippen molar-refractivity contribution in [3.8, 4) is 0 Å².